The van der Waals surface area contributed by atoms with Gasteiger partial charge in [0.15, 0.2) is 0 Å². The predicted octanol–water partition coefficient (Wildman–Crippen LogP) is 2.77. The summed E-state index contributed by atoms with van der Waals surface area (Å²) in [7, 11) is 1.37. The molecule has 21 heavy (non-hydrogen) atoms. The first kappa shape index (κ1) is 17.0. The Balaban J connectivity index is 2.55. The van der Waals surface area contributed by atoms with Crippen LogP contribution in [0.25, 0.3) is 0 Å². The zero-order valence-electron chi connectivity index (χ0n) is 12.8. The molecule has 0 heterocycles. The van der Waals surface area contributed by atoms with E-state index in [0.717, 1.165) is 5.56 Å². The number of aromatic hydroxyl groups is 1. The third kappa shape index (κ3) is 6.79. The van der Waals surface area contributed by atoms with E-state index in [-0.39, 0.29) is 17.6 Å². The molecule has 1 unspecified atom stereocenters. The monoisotopic (exact) mass is 293 g/mol. The minimum atomic E-state index is -0.314. The zero-order valence-corrected chi connectivity index (χ0v) is 12.8. The number of nitrogens with zero attached hydrogens (tertiary/aromatic N) is 1. The Labute approximate surface area is 125 Å². The third-order valence-corrected chi connectivity index (χ3v) is 2.90. The standard InChI is InChI=1S/C16H23NO4/c1-12(2)11-21-17-9-8-14(16(19)20-3)10-13-4-6-15(18)7-5-13/h4-7,9,12,14,18H,8,10-11H2,1-3H3. The lowest BCUT2D eigenvalue weighted by molar-refractivity contribution is -0.145. The Morgan fingerprint density at radius 2 is 2.00 bits per heavy atom. The largest absolute Gasteiger partial charge is 0.508 e. The lowest BCUT2D eigenvalue weighted by Gasteiger charge is -2.12. The molecule has 0 radical (unpaired) electrons. The highest BCUT2D eigenvalue weighted by atomic mass is 16.6. The predicted molar refractivity (Wildman–Crippen MR) is 81.2 cm³/mol. The summed E-state index contributed by atoms with van der Waals surface area (Å²) in [6, 6.07) is 6.78. The van der Waals surface area contributed by atoms with Gasteiger partial charge in [0.1, 0.15) is 12.4 Å². The summed E-state index contributed by atoms with van der Waals surface area (Å²) in [5.74, 6) is 0.0249. The van der Waals surface area contributed by atoms with Gasteiger partial charge in [0.05, 0.1) is 13.0 Å². The number of ether oxygens (including phenoxy) is 1. The molecule has 0 fully saturated rings. The Kier molecular flexibility index (Phi) is 7.29. The van der Waals surface area contributed by atoms with Crippen LogP contribution in [0, 0.1) is 11.8 Å². The van der Waals surface area contributed by atoms with Gasteiger partial charge in [-0.1, -0.05) is 31.1 Å². The molecule has 5 heteroatoms. The number of carbonyl (C=O) groups excluding carboxylic acids is 1. The molecule has 116 valence electrons. The number of esters is 1. The summed E-state index contributed by atoms with van der Waals surface area (Å²) in [4.78, 5) is 16.9. The number of oxime groups is 1. The molecule has 1 N–H and O–H groups in total. The number of phenolic OH excluding ortho intramolecular Hbond substituents is 1. The number of benzene rings is 1. The maximum absolute atomic E-state index is 11.8. The third-order valence-electron chi connectivity index (χ3n) is 2.90. The highest BCUT2D eigenvalue weighted by Gasteiger charge is 2.18. The maximum Gasteiger partial charge on any atom is 0.309 e. The molecule has 1 rings (SSSR count). The Morgan fingerprint density at radius 1 is 1.33 bits per heavy atom. The van der Waals surface area contributed by atoms with Gasteiger partial charge in [0, 0.05) is 6.21 Å². The first-order valence-corrected chi connectivity index (χ1v) is 7.02. The van der Waals surface area contributed by atoms with Crippen LogP contribution in [0.5, 0.6) is 5.75 Å². The SMILES string of the molecule is COC(=O)C(CC=NOCC(C)C)Cc1ccc(O)cc1. The second-order valence-corrected chi connectivity index (χ2v) is 5.30. The highest BCUT2D eigenvalue weighted by molar-refractivity contribution is 5.76. The maximum atomic E-state index is 11.8. The van der Waals surface area contributed by atoms with Crippen LogP contribution in [-0.4, -0.2) is 31.0 Å². The average molecular weight is 293 g/mol. The first-order valence-electron chi connectivity index (χ1n) is 7.02. The van der Waals surface area contributed by atoms with E-state index in [4.69, 9.17) is 9.57 Å². The smallest absolute Gasteiger partial charge is 0.309 e. The van der Waals surface area contributed by atoms with Gasteiger partial charge in [0.25, 0.3) is 0 Å². The molecule has 0 saturated heterocycles. The first-order chi connectivity index (χ1) is 10.0. The molecule has 0 aromatic heterocycles. The van der Waals surface area contributed by atoms with Gasteiger partial charge in [-0.2, -0.15) is 0 Å². The number of carbonyl (C=O) groups is 1. The molecule has 0 aliphatic carbocycles. The van der Waals surface area contributed by atoms with Crippen molar-refractivity contribution in [1.29, 1.82) is 0 Å². The van der Waals surface area contributed by atoms with Crippen LogP contribution >= 0.6 is 0 Å². The lowest BCUT2D eigenvalue weighted by Crippen LogP contribution is -2.19. The Morgan fingerprint density at radius 3 is 2.57 bits per heavy atom. The van der Waals surface area contributed by atoms with Gasteiger partial charge in [-0.15, -0.1) is 0 Å². The molecule has 0 saturated carbocycles. The van der Waals surface area contributed by atoms with Crippen molar-refractivity contribution >= 4 is 12.2 Å². The molecule has 1 atom stereocenters. The van der Waals surface area contributed by atoms with Crippen molar-refractivity contribution < 1.29 is 19.5 Å². The normalized spacial score (nSPS) is 12.6. The number of hydrogen-bond donors (Lipinski definition) is 1. The lowest BCUT2D eigenvalue weighted by atomic mass is 9.97. The van der Waals surface area contributed by atoms with Crippen LogP contribution in [0.1, 0.15) is 25.8 Å². The van der Waals surface area contributed by atoms with Crippen molar-refractivity contribution in [3.8, 4) is 5.75 Å². The fourth-order valence-electron chi connectivity index (χ4n) is 1.76. The minimum Gasteiger partial charge on any atom is -0.508 e. The summed E-state index contributed by atoms with van der Waals surface area (Å²) in [5.41, 5.74) is 0.958. The van der Waals surface area contributed by atoms with E-state index in [0.29, 0.717) is 25.4 Å². The second-order valence-electron chi connectivity index (χ2n) is 5.30. The molecule has 1 aromatic carbocycles. The van der Waals surface area contributed by atoms with Crippen LogP contribution in [0.3, 0.4) is 0 Å². The summed E-state index contributed by atoms with van der Waals surface area (Å²) in [5, 5.41) is 13.1. The molecule has 0 spiro atoms. The summed E-state index contributed by atoms with van der Waals surface area (Å²) in [6.07, 6.45) is 2.58. The van der Waals surface area contributed by atoms with Crippen molar-refractivity contribution in [3.63, 3.8) is 0 Å². The summed E-state index contributed by atoms with van der Waals surface area (Å²) >= 11 is 0. The van der Waals surface area contributed by atoms with Gasteiger partial charge in [0.2, 0.25) is 0 Å². The fraction of sp³-hybridized carbons (Fsp3) is 0.500. The van der Waals surface area contributed by atoms with E-state index >= 15 is 0 Å². The molecule has 0 bridgehead atoms. The second kappa shape index (κ2) is 9.00. The number of phenols is 1. The van der Waals surface area contributed by atoms with E-state index in [1.807, 2.05) is 13.8 Å². The topological polar surface area (TPSA) is 68.1 Å². The number of rotatable bonds is 8. The van der Waals surface area contributed by atoms with Crippen molar-refractivity contribution in [2.45, 2.75) is 26.7 Å². The van der Waals surface area contributed by atoms with E-state index in [9.17, 15) is 9.90 Å². The van der Waals surface area contributed by atoms with E-state index in [1.54, 1.807) is 30.5 Å². The molecular weight excluding hydrogens is 270 g/mol. The zero-order chi connectivity index (χ0) is 15.7. The molecular formula is C16H23NO4. The van der Waals surface area contributed by atoms with Crippen molar-refractivity contribution in [1.82, 2.24) is 0 Å². The van der Waals surface area contributed by atoms with Crippen LogP contribution in [0.4, 0.5) is 0 Å². The fourth-order valence-corrected chi connectivity index (χ4v) is 1.76. The minimum absolute atomic E-state index is 0.206. The average Bonchev–Trinajstić information content (AvgIpc) is 2.46. The van der Waals surface area contributed by atoms with E-state index < -0.39 is 0 Å². The Bertz CT molecular complexity index is 454. The molecule has 0 amide bonds. The molecule has 0 aliphatic rings. The molecule has 0 aliphatic heterocycles. The molecule has 1 aromatic rings. The van der Waals surface area contributed by atoms with Crippen molar-refractivity contribution in [2.75, 3.05) is 13.7 Å². The van der Waals surface area contributed by atoms with Crippen LogP contribution in [0.2, 0.25) is 0 Å². The van der Waals surface area contributed by atoms with Gasteiger partial charge < -0.3 is 14.7 Å². The van der Waals surface area contributed by atoms with Crippen LogP contribution in [0.15, 0.2) is 29.4 Å². The van der Waals surface area contributed by atoms with Gasteiger partial charge >= 0.3 is 5.97 Å². The van der Waals surface area contributed by atoms with Crippen LogP contribution < -0.4 is 0 Å². The van der Waals surface area contributed by atoms with Gasteiger partial charge in [-0.3, -0.25) is 4.79 Å². The van der Waals surface area contributed by atoms with Crippen LogP contribution in [-0.2, 0) is 20.8 Å². The number of methoxy groups -OCH3 is 1. The summed E-state index contributed by atoms with van der Waals surface area (Å²) in [6.45, 7) is 4.63. The summed E-state index contributed by atoms with van der Waals surface area (Å²) < 4.78 is 4.81. The molecule has 5 nitrogen and oxygen atoms in total. The Hall–Kier alpha value is -2.04. The number of hydrogen-bond acceptors (Lipinski definition) is 5. The van der Waals surface area contributed by atoms with Crippen molar-refractivity contribution in [3.05, 3.63) is 29.8 Å². The van der Waals surface area contributed by atoms with Crippen molar-refractivity contribution in [2.24, 2.45) is 17.0 Å². The van der Waals surface area contributed by atoms with Gasteiger partial charge in [-0.25, -0.2) is 0 Å². The quantitative estimate of drug-likeness (QED) is 0.454. The highest BCUT2D eigenvalue weighted by Crippen LogP contribution is 2.16. The van der Waals surface area contributed by atoms with E-state index in [1.165, 1.54) is 7.11 Å². The van der Waals surface area contributed by atoms with Gasteiger partial charge in [-0.05, 0) is 36.5 Å². The van der Waals surface area contributed by atoms with E-state index in [2.05, 4.69) is 5.16 Å².